The van der Waals surface area contributed by atoms with Gasteiger partial charge in [-0.25, -0.2) is 4.98 Å². The second-order valence-electron chi connectivity index (χ2n) is 10.7. The molecule has 7 rings (SSSR count). The van der Waals surface area contributed by atoms with Crippen LogP contribution in [0, 0.1) is 0 Å². The molecule has 1 N–H and O–H groups in total. The molecule has 2 aromatic heterocycles. The lowest BCUT2D eigenvalue weighted by atomic mass is 9.87. The number of nitrogens with zero attached hydrogens (tertiary/aromatic N) is 4. The number of ether oxygens (including phenoxy) is 1. The molecule has 1 saturated carbocycles. The maximum Gasteiger partial charge on any atom is 0.280 e. The van der Waals surface area contributed by atoms with E-state index in [9.17, 15) is 9.59 Å². The van der Waals surface area contributed by atoms with Crippen molar-refractivity contribution in [1.82, 2.24) is 14.5 Å². The Kier molecular flexibility index (Phi) is 5.53. The molecule has 3 aliphatic rings. The summed E-state index contributed by atoms with van der Waals surface area (Å²) < 4.78 is 7.75. The normalized spacial score (nSPS) is 19.4. The average Bonchev–Trinajstić information content (AvgIpc) is 3.58. The SMILES string of the molecule is COc1cc(C2CC2)ncc1-c1nc2c(n1C(C)C)[C@@]1(C(=O)Nc3cc(Cl)ccc31)N(c1cccc(Cl)c1)C2=O. The van der Waals surface area contributed by atoms with E-state index in [1.165, 1.54) is 4.90 Å². The summed E-state index contributed by atoms with van der Waals surface area (Å²) in [4.78, 5) is 39.8. The van der Waals surface area contributed by atoms with E-state index < -0.39 is 11.4 Å². The van der Waals surface area contributed by atoms with Gasteiger partial charge in [0, 0.05) is 56.9 Å². The molecule has 4 heterocycles. The van der Waals surface area contributed by atoms with Crippen molar-refractivity contribution in [3.63, 3.8) is 0 Å². The summed E-state index contributed by atoms with van der Waals surface area (Å²) in [6.45, 7) is 4.00. The van der Waals surface area contributed by atoms with Gasteiger partial charge in [-0.2, -0.15) is 0 Å². The predicted molar refractivity (Wildman–Crippen MR) is 153 cm³/mol. The highest BCUT2D eigenvalue weighted by atomic mass is 35.5. The maximum absolute atomic E-state index is 14.4. The number of aromatic nitrogens is 3. The van der Waals surface area contributed by atoms with Crippen LogP contribution in [0.2, 0.25) is 10.0 Å². The fraction of sp³-hybridized carbons (Fsp3) is 0.267. The molecule has 1 fully saturated rings. The molecule has 0 saturated heterocycles. The lowest BCUT2D eigenvalue weighted by molar-refractivity contribution is -0.119. The van der Waals surface area contributed by atoms with Crippen LogP contribution in [0.3, 0.4) is 0 Å². The third kappa shape index (κ3) is 3.39. The van der Waals surface area contributed by atoms with Crippen molar-refractivity contribution < 1.29 is 14.3 Å². The van der Waals surface area contributed by atoms with Gasteiger partial charge < -0.3 is 14.6 Å². The number of benzene rings is 2. The molecule has 2 amide bonds. The van der Waals surface area contributed by atoms with Gasteiger partial charge in [0.1, 0.15) is 11.6 Å². The monoisotopic (exact) mass is 573 g/mol. The lowest BCUT2D eigenvalue weighted by Crippen LogP contribution is -2.51. The van der Waals surface area contributed by atoms with Gasteiger partial charge in [0.05, 0.1) is 18.4 Å². The Labute approximate surface area is 240 Å². The van der Waals surface area contributed by atoms with E-state index in [1.807, 2.05) is 24.5 Å². The molecule has 8 nitrogen and oxygen atoms in total. The molecule has 0 unspecified atom stereocenters. The van der Waals surface area contributed by atoms with E-state index in [2.05, 4.69) is 5.32 Å². The van der Waals surface area contributed by atoms with Crippen LogP contribution in [-0.2, 0) is 10.3 Å². The molecule has 40 heavy (non-hydrogen) atoms. The van der Waals surface area contributed by atoms with Crippen LogP contribution in [0.1, 0.15) is 66.1 Å². The Bertz CT molecular complexity index is 1750. The number of halogens is 2. The Morgan fingerprint density at radius 3 is 2.55 bits per heavy atom. The number of hydrogen-bond donors (Lipinski definition) is 1. The maximum atomic E-state index is 14.4. The first-order valence-electron chi connectivity index (χ1n) is 13.1. The zero-order valence-corrected chi connectivity index (χ0v) is 23.5. The Hall–Kier alpha value is -3.88. The summed E-state index contributed by atoms with van der Waals surface area (Å²) >= 11 is 12.7. The Morgan fingerprint density at radius 2 is 1.85 bits per heavy atom. The van der Waals surface area contributed by atoms with Crippen molar-refractivity contribution >= 4 is 46.4 Å². The van der Waals surface area contributed by atoms with Crippen molar-refractivity contribution in [2.45, 2.75) is 44.2 Å². The van der Waals surface area contributed by atoms with Gasteiger partial charge in [-0.3, -0.25) is 19.5 Å². The van der Waals surface area contributed by atoms with E-state index in [1.54, 1.807) is 55.8 Å². The third-order valence-electron chi connectivity index (χ3n) is 7.87. The minimum absolute atomic E-state index is 0.174. The van der Waals surface area contributed by atoms with Crippen molar-refractivity contribution in [3.8, 4) is 17.1 Å². The van der Waals surface area contributed by atoms with Gasteiger partial charge in [-0.1, -0.05) is 35.3 Å². The van der Waals surface area contributed by atoms with Crippen LogP contribution < -0.4 is 15.0 Å². The number of amides is 2. The molecule has 2 aromatic carbocycles. The standard InChI is InChI=1S/C30H25Cl2N5O3/c1-15(2)36-26-25(35-27(36)20-14-33-22(16-7-8-16)13-24(20)40-3)28(38)37(19-6-4-5-17(31)11-19)30(26)21-10-9-18(32)12-23(21)34-29(30)39/h4-6,9-16H,7-8H2,1-3H3,(H,34,39)/t30-/m0/s1. The summed E-state index contributed by atoms with van der Waals surface area (Å²) in [5, 5.41) is 3.90. The number of methoxy groups -OCH3 is 1. The summed E-state index contributed by atoms with van der Waals surface area (Å²) in [6, 6.07) is 13.9. The number of carbonyl (C=O) groups is 2. The number of carbonyl (C=O) groups excluding carboxylic acids is 2. The number of imidazole rings is 1. The third-order valence-corrected chi connectivity index (χ3v) is 8.34. The minimum Gasteiger partial charge on any atom is -0.496 e. The average molecular weight is 574 g/mol. The molecule has 1 spiro atoms. The number of hydrogen-bond acceptors (Lipinski definition) is 5. The van der Waals surface area contributed by atoms with Gasteiger partial charge in [-0.15, -0.1) is 0 Å². The lowest BCUT2D eigenvalue weighted by Gasteiger charge is -2.35. The van der Waals surface area contributed by atoms with E-state index in [-0.39, 0.29) is 17.6 Å². The summed E-state index contributed by atoms with van der Waals surface area (Å²) in [6.07, 6.45) is 3.98. The van der Waals surface area contributed by atoms with Crippen LogP contribution in [-0.4, -0.2) is 33.5 Å². The van der Waals surface area contributed by atoms with Crippen LogP contribution in [0.5, 0.6) is 5.75 Å². The number of anilines is 2. The first-order chi connectivity index (χ1) is 19.2. The molecule has 0 bridgehead atoms. The summed E-state index contributed by atoms with van der Waals surface area (Å²) in [5.41, 5.74) is 2.40. The Balaban J connectivity index is 1.54. The van der Waals surface area contributed by atoms with Gasteiger partial charge in [0.25, 0.3) is 11.8 Å². The first-order valence-corrected chi connectivity index (χ1v) is 13.9. The summed E-state index contributed by atoms with van der Waals surface area (Å²) in [5.74, 6) is 0.801. The second-order valence-corrected chi connectivity index (χ2v) is 11.5. The number of fused-ring (bicyclic) bond motifs is 4. The van der Waals surface area contributed by atoms with Crippen LogP contribution in [0.4, 0.5) is 11.4 Å². The predicted octanol–water partition coefficient (Wildman–Crippen LogP) is 6.57. The largest absolute Gasteiger partial charge is 0.496 e. The topological polar surface area (TPSA) is 89.3 Å². The smallest absolute Gasteiger partial charge is 0.280 e. The highest BCUT2D eigenvalue weighted by Crippen LogP contribution is 2.55. The van der Waals surface area contributed by atoms with Crippen LogP contribution in [0.25, 0.3) is 11.4 Å². The fourth-order valence-corrected chi connectivity index (χ4v) is 6.39. The van der Waals surface area contributed by atoms with Gasteiger partial charge in [-0.05, 0) is 57.0 Å². The van der Waals surface area contributed by atoms with Gasteiger partial charge >= 0.3 is 0 Å². The quantitative estimate of drug-likeness (QED) is 0.291. The van der Waals surface area contributed by atoms with Gasteiger partial charge in [0.15, 0.2) is 11.2 Å². The molecule has 0 radical (unpaired) electrons. The molecule has 1 aliphatic carbocycles. The first kappa shape index (κ1) is 25.1. The second kappa shape index (κ2) is 8.81. The molecule has 2 aliphatic heterocycles. The molecule has 10 heteroatoms. The minimum atomic E-state index is -1.54. The van der Waals surface area contributed by atoms with E-state index >= 15 is 0 Å². The highest BCUT2D eigenvalue weighted by molar-refractivity contribution is 6.32. The fourth-order valence-electron chi connectivity index (χ4n) is 6.03. The molecule has 202 valence electrons. The number of rotatable bonds is 5. The van der Waals surface area contributed by atoms with E-state index in [4.69, 9.17) is 37.9 Å². The van der Waals surface area contributed by atoms with E-state index in [0.717, 1.165) is 18.5 Å². The Morgan fingerprint density at radius 1 is 1.07 bits per heavy atom. The van der Waals surface area contributed by atoms with Crippen molar-refractivity contribution in [2.75, 3.05) is 17.3 Å². The molecular formula is C30H25Cl2N5O3. The van der Waals surface area contributed by atoms with Crippen LogP contribution >= 0.6 is 23.2 Å². The molecule has 4 aromatic rings. The summed E-state index contributed by atoms with van der Waals surface area (Å²) in [7, 11) is 1.61. The van der Waals surface area contributed by atoms with Crippen molar-refractivity contribution in [2.24, 2.45) is 0 Å². The molecule has 1 atom stereocenters. The van der Waals surface area contributed by atoms with Crippen molar-refractivity contribution in [1.29, 1.82) is 0 Å². The van der Waals surface area contributed by atoms with Gasteiger partial charge in [0.2, 0.25) is 0 Å². The van der Waals surface area contributed by atoms with E-state index in [0.29, 0.717) is 55.7 Å². The van der Waals surface area contributed by atoms with Crippen LogP contribution in [0.15, 0.2) is 54.7 Å². The number of pyridine rings is 1. The highest BCUT2D eigenvalue weighted by Gasteiger charge is 2.64. The zero-order valence-electron chi connectivity index (χ0n) is 22.0. The van der Waals surface area contributed by atoms with Crippen molar-refractivity contribution in [3.05, 3.63) is 87.4 Å². The molecular weight excluding hydrogens is 549 g/mol. The number of nitrogens with one attached hydrogen (secondary N) is 1. The zero-order chi connectivity index (χ0) is 27.9.